The highest BCUT2D eigenvalue weighted by molar-refractivity contribution is 5.79. The van der Waals surface area contributed by atoms with E-state index in [1.807, 2.05) is 0 Å². The quantitative estimate of drug-likeness (QED) is 0.790. The SMILES string of the molecule is Nc1nc2c(F)cc(F)cc2n1C1CCCCCC1O. The highest BCUT2D eigenvalue weighted by Gasteiger charge is 2.27. The number of nitrogen functional groups attached to an aromatic ring is 1. The summed E-state index contributed by atoms with van der Waals surface area (Å²) in [7, 11) is 0. The molecule has 0 amide bonds. The van der Waals surface area contributed by atoms with E-state index in [-0.39, 0.29) is 17.5 Å². The first-order valence-corrected chi connectivity index (χ1v) is 6.88. The molecule has 3 N–H and O–H groups in total. The molecule has 0 spiro atoms. The second-order valence-electron chi connectivity index (χ2n) is 5.37. The molecule has 1 saturated carbocycles. The molecule has 2 unspecified atom stereocenters. The number of halogens is 2. The summed E-state index contributed by atoms with van der Waals surface area (Å²) in [4.78, 5) is 3.98. The minimum Gasteiger partial charge on any atom is -0.391 e. The number of rotatable bonds is 1. The zero-order valence-electron chi connectivity index (χ0n) is 11.0. The fourth-order valence-electron chi connectivity index (χ4n) is 3.06. The van der Waals surface area contributed by atoms with E-state index in [1.165, 1.54) is 6.07 Å². The van der Waals surface area contributed by atoms with Crippen LogP contribution in [0.1, 0.15) is 38.1 Å². The van der Waals surface area contributed by atoms with Crippen LogP contribution >= 0.6 is 0 Å². The lowest BCUT2D eigenvalue weighted by molar-refractivity contribution is 0.108. The highest BCUT2D eigenvalue weighted by atomic mass is 19.1. The van der Waals surface area contributed by atoms with Gasteiger partial charge in [-0.1, -0.05) is 19.3 Å². The van der Waals surface area contributed by atoms with Gasteiger partial charge in [-0.25, -0.2) is 13.8 Å². The molecule has 1 aliphatic carbocycles. The predicted molar refractivity (Wildman–Crippen MR) is 72.2 cm³/mol. The molecule has 0 saturated heterocycles. The van der Waals surface area contributed by atoms with Crippen LogP contribution in [0.2, 0.25) is 0 Å². The van der Waals surface area contributed by atoms with Gasteiger partial charge in [0, 0.05) is 12.1 Å². The lowest BCUT2D eigenvalue weighted by atomic mass is 10.1. The number of anilines is 1. The van der Waals surface area contributed by atoms with Crippen molar-refractivity contribution in [3.8, 4) is 0 Å². The van der Waals surface area contributed by atoms with Crippen LogP contribution in [0.3, 0.4) is 0 Å². The molecule has 1 aliphatic rings. The van der Waals surface area contributed by atoms with Crippen LogP contribution in [0.5, 0.6) is 0 Å². The Morgan fingerprint density at radius 2 is 1.95 bits per heavy atom. The van der Waals surface area contributed by atoms with Gasteiger partial charge in [-0.3, -0.25) is 0 Å². The van der Waals surface area contributed by atoms with Gasteiger partial charge in [0.15, 0.2) is 5.82 Å². The maximum atomic E-state index is 13.8. The van der Waals surface area contributed by atoms with Gasteiger partial charge in [0.25, 0.3) is 0 Å². The van der Waals surface area contributed by atoms with Crippen LogP contribution in [0.4, 0.5) is 14.7 Å². The first-order valence-electron chi connectivity index (χ1n) is 6.88. The third kappa shape index (κ3) is 2.14. The summed E-state index contributed by atoms with van der Waals surface area (Å²) in [6, 6.07) is 1.74. The zero-order chi connectivity index (χ0) is 14.3. The summed E-state index contributed by atoms with van der Waals surface area (Å²) in [5.41, 5.74) is 6.23. The average Bonchev–Trinajstić information content (AvgIpc) is 2.56. The molecule has 4 nitrogen and oxygen atoms in total. The van der Waals surface area contributed by atoms with Crippen LogP contribution in [0.25, 0.3) is 11.0 Å². The minimum absolute atomic E-state index is 0.0559. The standard InChI is InChI=1S/C14H17F2N3O/c15-8-6-9(16)13-11(7-8)19(14(17)18-13)10-4-2-1-3-5-12(10)20/h6-7,10,12,20H,1-5H2,(H2,17,18). The topological polar surface area (TPSA) is 64.1 Å². The van der Waals surface area contributed by atoms with E-state index < -0.39 is 17.7 Å². The van der Waals surface area contributed by atoms with Gasteiger partial charge in [-0.05, 0) is 12.8 Å². The first kappa shape index (κ1) is 13.3. The van der Waals surface area contributed by atoms with Gasteiger partial charge < -0.3 is 15.4 Å². The third-order valence-corrected chi connectivity index (χ3v) is 4.02. The van der Waals surface area contributed by atoms with Crippen molar-refractivity contribution in [3.05, 3.63) is 23.8 Å². The summed E-state index contributed by atoms with van der Waals surface area (Å²) < 4.78 is 28.8. The molecule has 20 heavy (non-hydrogen) atoms. The fourth-order valence-corrected chi connectivity index (χ4v) is 3.06. The maximum absolute atomic E-state index is 13.8. The number of aromatic nitrogens is 2. The number of fused-ring (bicyclic) bond motifs is 1. The van der Waals surface area contributed by atoms with Crippen LogP contribution in [0.15, 0.2) is 12.1 Å². The van der Waals surface area contributed by atoms with E-state index in [1.54, 1.807) is 4.57 Å². The highest BCUT2D eigenvalue weighted by Crippen LogP contribution is 2.33. The number of imidazole rings is 1. The summed E-state index contributed by atoms with van der Waals surface area (Å²) in [6.07, 6.45) is 3.79. The Hall–Kier alpha value is -1.69. The van der Waals surface area contributed by atoms with Crippen LogP contribution in [-0.4, -0.2) is 20.8 Å². The van der Waals surface area contributed by atoms with Crippen molar-refractivity contribution < 1.29 is 13.9 Å². The van der Waals surface area contributed by atoms with Crippen molar-refractivity contribution >= 4 is 17.0 Å². The Bertz CT molecular complexity index is 641. The number of hydrogen-bond acceptors (Lipinski definition) is 3. The molecule has 0 bridgehead atoms. The summed E-state index contributed by atoms with van der Waals surface area (Å²) in [6.45, 7) is 0. The van der Waals surface area contributed by atoms with Gasteiger partial charge >= 0.3 is 0 Å². The van der Waals surface area contributed by atoms with Crippen molar-refractivity contribution in [2.24, 2.45) is 0 Å². The smallest absolute Gasteiger partial charge is 0.201 e. The second-order valence-corrected chi connectivity index (χ2v) is 5.37. The minimum atomic E-state index is -0.728. The van der Waals surface area contributed by atoms with Crippen LogP contribution in [-0.2, 0) is 0 Å². The van der Waals surface area contributed by atoms with Gasteiger partial charge in [0.2, 0.25) is 5.95 Å². The van der Waals surface area contributed by atoms with Gasteiger partial charge in [-0.15, -0.1) is 0 Å². The Kier molecular flexibility index (Phi) is 3.33. The average molecular weight is 281 g/mol. The van der Waals surface area contributed by atoms with E-state index in [9.17, 15) is 13.9 Å². The van der Waals surface area contributed by atoms with E-state index in [4.69, 9.17) is 5.73 Å². The van der Waals surface area contributed by atoms with Crippen molar-refractivity contribution in [2.45, 2.75) is 44.2 Å². The molecular weight excluding hydrogens is 264 g/mol. The molecule has 3 rings (SSSR count). The summed E-state index contributed by atoms with van der Waals surface area (Å²) in [5, 5.41) is 10.3. The molecule has 1 aromatic heterocycles. The van der Waals surface area contributed by atoms with E-state index >= 15 is 0 Å². The van der Waals surface area contributed by atoms with Gasteiger partial charge in [0.1, 0.15) is 11.3 Å². The normalized spacial score (nSPS) is 23.9. The molecule has 1 aromatic carbocycles. The Balaban J connectivity index is 2.16. The molecule has 0 aliphatic heterocycles. The van der Waals surface area contributed by atoms with Crippen molar-refractivity contribution in [1.29, 1.82) is 0 Å². The zero-order valence-corrected chi connectivity index (χ0v) is 11.0. The van der Waals surface area contributed by atoms with E-state index in [2.05, 4.69) is 4.98 Å². The van der Waals surface area contributed by atoms with E-state index in [0.717, 1.165) is 31.7 Å². The molecule has 1 fully saturated rings. The number of nitrogens with zero attached hydrogens (tertiary/aromatic N) is 2. The third-order valence-electron chi connectivity index (χ3n) is 4.02. The Labute approximate surface area is 115 Å². The van der Waals surface area contributed by atoms with Crippen LogP contribution < -0.4 is 5.73 Å². The molecule has 108 valence electrons. The molecular formula is C14H17F2N3O. The Morgan fingerprint density at radius 1 is 1.20 bits per heavy atom. The lowest BCUT2D eigenvalue weighted by Crippen LogP contribution is -2.24. The number of aliphatic hydroxyl groups is 1. The number of hydrogen-bond donors (Lipinski definition) is 2. The molecule has 2 atom stereocenters. The fraction of sp³-hybridized carbons (Fsp3) is 0.500. The van der Waals surface area contributed by atoms with Crippen molar-refractivity contribution in [2.75, 3.05) is 5.73 Å². The number of aliphatic hydroxyl groups excluding tert-OH is 1. The lowest BCUT2D eigenvalue weighted by Gasteiger charge is -2.23. The summed E-state index contributed by atoms with van der Waals surface area (Å²) >= 11 is 0. The summed E-state index contributed by atoms with van der Waals surface area (Å²) in [5.74, 6) is -1.27. The van der Waals surface area contributed by atoms with Crippen LogP contribution in [0, 0.1) is 11.6 Å². The second kappa shape index (κ2) is 5.01. The molecule has 1 heterocycles. The first-order chi connectivity index (χ1) is 9.58. The maximum Gasteiger partial charge on any atom is 0.201 e. The predicted octanol–water partition coefficient (Wildman–Crippen LogP) is 2.76. The van der Waals surface area contributed by atoms with Gasteiger partial charge in [-0.2, -0.15) is 0 Å². The monoisotopic (exact) mass is 281 g/mol. The molecule has 2 aromatic rings. The largest absolute Gasteiger partial charge is 0.391 e. The number of benzene rings is 1. The van der Waals surface area contributed by atoms with Crippen molar-refractivity contribution in [3.63, 3.8) is 0 Å². The van der Waals surface area contributed by atoms with Crippen molar-refractivity contribution in [1.82, 2.24) is 9.55 Å². The molecule has 6 heteroatoms. The van der Waals surface area contributed by atoms with Gasteiger partial charge in [0.05, 0.1) is 17.7 Å². The molecule has 0 radical (unpaired) electrons. The number of nitrogens with two attached hydrogens (primary N) is 1. The van der Waals surface area contributed by atoms with E-state index in [0.29, 0.717) is 11.9 Å². The Morgan fingerprint density at radius 3 is 2.75 bits per heavy atom.